The van der Waals surface area contributed by atoms with Crippen LogP contribution in [-0.2, 0) is 4.79 Å². The molecule has 1 atom stereocenters. The summed E-state index contributed by atoms with van der Waals surface area (Å²) in [4.78, 5) is 21.9. The largest absolute Gasteiger partial charge is 0.480 e. The van der Waals surface area contributed by atoms with Crippen LogP contribution in [0.3, 0.4) is 0 Å². The Morgan fingerprint density at radius 3 is 2.53 bits per heavy atom. The van der Waals surface area contributed by atoms with Gasteiger partial charge in [0, 0.05) is 12.2 Å². The van der Waals surface area contributed by atoms with Crippen molar-refractivity contribution in [1.29, 1.82) is 0 Å². The average Bonchev–Trinajstić information content (AvgIpc) is 2.65. The number of amides is 2. The first kappa shape index (κ1) is 13.0. The molecular formula is C10H16N4O3. The number of hydrogen-bond acceptors (Lipinski definition) is 3. The summed E-state index contributed by atoms with van der Waals surface area (Å²) in [6.07, 6.45) is 3.18. The van der Waals surface area contributed by atoms with Gasteiger partial charge in [0.25, 0.3) is 0 Å². The van der Waals surface area contributed by atoms with Crippen molar-refractivity contribution in [2.45, 2.75) is 32.9 Å². The van der Waals surface area contributed by atoms with Crippen LogP contribution in [0.2, 0.25) is 0 Å². The highest BCUT2D eigenvalue weighted by molar-refractivity contribution is 5.91. The van der Waals surface area contributed by atoms with Gasteiger partial charge in [0.15, 0.2) is 0 Å². The molecule has 2 amide bonds. The average molecular weight is 240 g/mol. The molecule has 0 unspecified atom stereocenters. The number of nitrogens with zero attached hydrogens (tertiary/aromatic N) is 2. The molecule has 1 heterocycles. The molecule has 3 N–H and O–H groups in total. The molecule has 0 aliphatic heterocycles. The van der Waals surface area contributed by atoms with Gasteiger partial charge in [0.1, 0.15) is 6.04 Å². The molecule has 94 valence electrons. The molecule has 0 saturated heterocycles. The van der Waals surface area contributed by atoms with E-state index in [-0.39, 0.29) is 6.04 Å². The summed E-state index contributed by atoms with van der Waals surface area (Å²) in [6, 6.07) is -1.30. The SMILES string of the molecule is CC(C)n1cc(NC(=O)N[C@@H](C)C(=O)O)cn1. The summed E-state index contributed by atoms with van der Waals surface area (Å²) in [7, 11) is 0. The van der Waals surface area contributed by atoms with Crippen LogP contribution < -0.4 is 10.6 Å². The monoisotopic (exact) mass is 240 g/mol. The highest BCUT2D eigenvalue weighted by Crippen LogP contribution is 2.09. The van der Waals surface area contributed by atoms with E-state index in [2.05, 4.69) is 15.7 Å². The number of nitrogens with one attached hydrogen (secondary N) is 2. The van der Waals surface area contributed by atoms with E-state index >= 15 is 0 Å². The Bertz CT molecular complexity index is 413. The minimum absolute atomic E-state index is 0.201. The Morgan fingerprint density at radius 2 is 2.06 bits per heavy atom. The van der Waals surface area contributed by atoms with Gasteiger partial charge in [0.05, 0.1) is 11.9 Å². The van der Waals surface area contributed by atoms with Gasteiger partial charge >= 0.3 is 12.0 Å². The van der Waals surface area contributed by atoms with Crippen LogP contribution in [0.1, 0.15) is 26.8 Å². The zero-order valence-electron chi connectivity index (χ0n) is 9.97. The Labute approximate surface area is 98.8 Å². The Hall–Kier alpha value is -2.05. The van der Waals surface area contributed by atoms with Crippen LogP contribution in [-0.4, -0.2) is 32.9 Å². The number of hydrogen-bond donors (Lipinski definition) is 3. The molecule has 0 spiro atoms. The van der Waals surface area contributed by atoms with Gasteiger partial charge in [-0.3, -0.25) is 9.48 Å². The van der Waals surface area contributed by atoms with Gasteiger partial charge < -0.3 is 15.7 Å². The van der Waals surface area contributed by atoms with Gasteiger partial charge in [-0.15, -0.1) is 0 Å². The zero-order valence-corrected chi connectivity index (χ0v) is 9.97. The quantitative estimate of drug-likeness (QED) is 0.733. The van der Waals surface area contributed by atoms with E-state index in [4.69, 9.17) is 5.11 Å². The normalized spacial score (nSPS) is 12.2. The van der Waals surface area contributed by atoms with E-state index in [1.807, 2.05) is 13.8 Å². The van der Waals surface area contributed by atoms with E-state index in [0.717, 1.165) is 0 Å². The number of carbonyl (C=O) groups is 2. The molecule has 0 aliphatic carbocycles. The summed E-state index contributed by atoms with van der Waals surface area (Å²) in [6.45, 7) is 5.31. The third-order valence-electron chi connectivity index (χ3n) is 2.11. The van der Waals surface area contributed by atoms with E-state index in [1.165, 1.54) is 13.1 Å². The van der Waals surface area contributed by atoms with E-state index in [9.17, 15) is 9.59 Å². The smallest absolute Gasteiger partial charge is 0.325 e. The topological polar surface area (TPSA) is 96.2 Å². The highest BCUT2D eigenvalue weighted by Gasteiger charge is 2.14. The van der Waals surface area contributed by atoms with E-state index in [1.54, 1.807) is 10.9 Å². The number of anilines is 1. The molecule has 7 heteroatoms. The van der Waals surface area contributed by atoms with Crippen LogP contribution >= 0.6 is 0 Å². The maximum atomic E-state index is 11.4. The van der Waals surface area contributed by atoms with E-state index in [0.29, 0.717) is 5.69 Å². The fraction of sp³-hybridized carbons (Fsp3) is 0.500. The van der Waals surface area contributed by atoms with Crippen molar-refractivity contribution >= 4 is 17.7 Å². The van der Waals surface area contributed by atoms with Crippen molar-refractivity contribution in [1.82, 2.24) is 15.1 Å². The van der Waals surface area contributed by atoms with E-state index < -0.39 is 18.0 Å². The predicted octanol–water partition coefficient (Wildman–Crippen LogP) is 1.06. The Balaban J connectivity index is 2.53. The van der Waals surface area contributed by atoms with Crippen LogP contribution in [0.25, 0.3) is 0 Å². The summed E-state index contributed by atoms with van der Waals surface area (Å²) < 4.78 is 1.69. The third-order valence-corrected chi connectivity index (χ3v) is 2.11. The van der Waals surface area contributed by atoms with Gasteiger partial charge in [-0.05, 0) is 20.8 Å². The lowest BCUT2D eigenvalue weighted by Gasteiger charge is -2.09. The minimum Gasteiger partial charge on any atom is -0.480 e. The van der Waals surface area contributed by atoms with Crippen molar-refractivity contribution in [3.8, 4) is 0 Å². The first-order valence-electron chi connectivity index (χ1n) is 5.24. The fourth-order valence-electron chi connectivity index (χ4n) is 1.11. The molecule has 1 aromatic heterocycles. The first-order chi connectivity index (χ1) is 7.90. The number of aliphatic carboxylic acids is 1. The molecule has 0 saturated carbocycles. The van der Waals surface area contributed by atoms with Crippen LogP contribution in [0.4, 0.5) is 10.5 Å². The number of rotatable bonds is 4. The number of carbonyl (C=O) groups excluding carboxylic acids is 1. The zero-order chi connectivity index (χ0) is 13.0. The van der Waals surface area contributed by atoms with Crippen molar-refractivity contribution < 1.29 is 14.7 Å². The second kappa shape index (κ2) is 5.33. The summed E-state index contributed by atoms with van der Waals surface area (Å²) >= 11 is 0. The minimum atomic E-state index is -1.09. The number of aromatic nitrogens is 2. The van der Waals surface area contributed by atoms with Gasteiger partial charge in [-0.1, -0.05) is 0 Å². The molecule has 0 radical (unpaired) electrons. The summed E-state index contributed by atoms with van der Waals surface area (Å²) in [5.74, 6) is -1.09. The van der Waals surface area contributed by atoms with Crippen molar-refractivity contribution in [3.63, 3.8) is 0 Å². The van der Waals surface area contributed by atoms with Gasteiger partial charge in [-0.25, -0.2) is 4.79 Å². The maximum Gasteiger partial charge on any atom is 0.325 e. The lowest BCUT2D eigenvalue weighted by molar-refractivity contribution is -0.138. The number of carboxylic acid groups (broad SMARTS) is 1. The first-order valence-corrected chi connectivity index (χ1v) is 5.24. The molecular weight excluding hydrogens is 224 g/mol. The molecule has 0 aromatic carbocycles. The third kappa shape index (κ3) is 3.78. The highest BCUT2D eigenvalue weighted by atomic mass is 16.4. The molecule has 0 aliphatic rings. The molecule has 0 fully saturated rings. The predicted molar refractivity (Wildman–Crippen MR) is 61.9 cm³/mol. The Morgan fingerprint density at radius 1 is 1.41 bits per heavy atom. The molecule has 17 heavy (non-hydrogen) atoms. The molecule has 1 aromatic rings. The summed E-state index contributed by atoms with van der Waals surface area (Å²) in [5.41, 5.74) is 0.522. The Kier molecular flexibility index (Phi) is 4.08. The van der Waals surface area contributed by atoms with Gasteiger partial charge in [0.2, 0.25) is 0 Å². The number of carboxylic acids is 1. The lowest BCUT2D eigenvalue weighted by atomic mass is 10.3. The second-order valence-corrected chi connectivity index (χ2v) is 3.96. The molecule has 1 rings (SSSR count). The van der Waals surface area contributed by atoms with Crippen LogP contribution in [0.5, 0.6) is 0 Å². The second-order valence-electron chi connectivity index (χ2n) is 3.96. The standard InChI is InChI=1S/C10H16N4O3/c1-6(2)14-5-8(4-11-14)13-10(17)12-7(3)9(15)16/h4-7H,1-3H3,(H,15,16)(H2,12,13,17)/t7-/m0/s1. The summed E-state index contributed by atoms with van der Waals surface area (Å²) in [5, 5.41) is 17.4. The van der Waals surface area contributed by atoms with Crippen molar-refractivity contribution in [3.05, 3.63) is 12.4 Å². The van der Waals surface area contributed by atoms with Crippen LogP contribution in [0, 0.1) is 0 Å². The van der Waals surface area contributed by atoms with Crippen LogP contribution in [0.15, 0.2) is 12.4 Å². The lowest BCUT2D eigenvalue weighted by Crippen LogP contribution is -2.40. The van der Waals surface area contributed by atoms with Crippen molar-refractivity contribution in [2.75, 3.05) is 5.32 Å². The molecule has 7 nitrogen and oxygen atoms in total. The van der Waals surface area contributed by atoms with Crippen molar-refractivity contribution in [2.24, 2.45) is 0 Å². The van der Waals surface area contributed by atoms with Gasteiger partial charge in [-0.2, -0.15) is 5.10 Å². The molecule has 0 bridgehead atoms. The fourth-order valence-corrected chi connectivity index (χ4v) is 1.11. The maximum absolute atomic E-state index is 11.4. The number of urea groups is 1.